The molecule has 1 aliphatic rings. The van der Waals surface area contributed by atoms with Gasteiger partial charge in [-0.1, -0.05) is 0 Å². The molecular weight excluding hydrogens is 368 g/mol. The van der Waals surface area contributed by atoms with Gasteiger partial charge in [0.1, 0.15) is 5.82 Å². The van der Waals surface area contributed by atoms with Gasteiger partial charge in [0.25, 0.3) is 0 Å². The molecule has 1 aliphatic heterocycles. The quantitative estimate of drug-likeness (QED) is 0.635. The number of aromatic nitrogens is 1. The molecule has 2 heterocycles. The topological polar surface area (TPSA) is 42.1 Å². The number of pyridine rings is 1. The molecule has 3 rings (SSSR count). The summed E-state index contributed by atoms with van der Waals surface area (Å²) in [6.45, 7) is 0.900. The van der Waals surface area contributed by atoms with Crippen molar-refractivity contribution in [2.75, 3.05) is 17.2 Å². The molecule has 20 heavy (non-hydrogen) atoms. The molecule has 0 aliphatic carbocycles. The molecule has 0 bridgehead atoms. The van der Waals surface area contributed by atoms with Gasteiger partial charge in [-0.15, -0.1) is 0 Å². The Hall–Kier alpha value is -1.37. The average Bonchev–Trinajstić information content (AvgIpc) is 2.93. The maximum Gasteiger partial charge on any atom is 0.138 e. The van der Waals surface area contributed by atoms with Gasteiger partial charge >= 0.3 is 0 Å². The van der Waals surface area contributed by atoms with Crippen LogP contribution in [0.1, 0.15) is 24.4 Å². The van der Waals surface area contributed by atoms with Gasteiger partial charge in [0.2, 0.25) is 0 Å². The van der Waals surface area contributed by atoms with Gasteiger partial charge < -0.3 is 10.6 Å². The molecule has 3 nitrogen and oxygen atoms in total. The van der Waals surface area contributed by atoms with Crippen LogP contribution in [0.5, 0.6) is 0 Å². The number of hydrogen-bond donors (Lipinski definition) is 1. The molecule has 5 heteroatoms. The van der Waals surface area contributed by atoms with E-state index in [1.165, 1.54) is 5.56 Å². The summed E-state index contributed by atoms with van der Waals surface area (Å²) in [4.78, 5) is 6.25. The fraction of sp³-hybridized carbons (Fsp3) is 0.267. The van der Waals surface area contributed by atoms with E-state index >= 15 is 0 Å². The summed E-state index contributed by atoms with van der Waals surface area (Å²) in [5.41, 5.74) is 8.72. The van der Waals surface area contributed by atoms with Crippen LogP contribution in [-0.2, 0) is 0 Å². The van der Waals surface area contributed by atoms with Crippen LogP contribution in [0.25, 0.3) is 0 Å². The van der Waals surface area contributed by atoms with Crippen LogP contribution in [0.3, 0.4) is 0 Å². The predicted molar refractivity (Wildman–Crippen MR) is 87.1 cm³/mol. The highest BCUT2D eigenvalue weighted by molar-refractivity contribution is 14.1. The highest BCUT2D eigenvalue weighted by Crippen LogP contribution is 2.39. The van der Waals surface area contributed by atoms with Crippen molar-refractivity contribution < 1.29 is 4.39 Å². The minimum Gasteiger partial charge on any atom is -0.397 e. The van der Waals surface area contributed by atoms with Gasteiger partial charge in [-0.3, -0.25) is 4.98 Å². The molecule has 1 atom stereocenters. The number of nitrogens with zero attached hydrogens (tertiary/aromatic N) is 2. The van der Waals surface area contributed by atoms with Crippen molar-refractivity contribution in [3.8, 4) is 0 Å². The molecular formula is C15H15FIN3. The molecule has 0 spiro atoms. The van der Waals surface area contributed by atoms with Crippen LogP contribution < -0.4 is 10.6 Å². The first-order chi connectivity index (χ1) is 9.66. The van der Waals surface area contributed by atoms with Gasteiger partial charge in [-0.05, 0) is 59.2 Å². The summed E-state index contributed by atoms with van der Waals surface area (Å²) < 4.78 is 14.4. The maximum atomic E-state index is 13.8. The molecule has 1 aromatic carbocycles. The van der Waals surface area contributed by atoms with E-state index in [9.17, 15) is 4.39 Å². The van der Waals surface area contributed by atoms with Crippen molar-refractivity contribution in [1.82, 2.24) is 4.98 Å². The summed E-state index contributed by atoms with van der Waals surface area (Å²) >= 11 is 1.96. The van der Waals surface area contributed by atoms with Crippen LogP contribution >= 0.6 is 22.6 Å². The van der Waals surface area contributed by atoms with Crippen LogP contribution in [0, 0.1) is 9.39 Å². The highest BCUT2D eigenvalue weighted by Gasteiger charge is 2.28. The Kier molecular flexibility index (Phi) is 3.78. The lowest BCUT2D eigenvalue weighted by Gasteiger charge is -2.28. The molecule has 104 valence electrons. The fourth-order valence-corrected chi connectivity index (χ4v) is 3.28. The van der Waals surface area contributed by atoms with Gasteiger partial charge in [0.15, 0.2) is 0 Å². The summed E-state index contributed by atoms with van der Waals surface area (Å²) in [5, 5.41) is 0. The third-order valence-corrected chi connectivity index (χ3v) is 4.55. The first kappa shape index (κ1) is 13.6. The Morgan fingerprint density at radius 3 is 2.80 bits per heavy atom. The second-order valence-corrected chi connectivity index (χ2v) is 6.12. The average molecular weight is 383 g/mol. The predicted octanol–water partition coefficient (Wildman–Crippen LogP) is 3.75. The SMILES string of the molecule is Nc1cc(I)c(F)cc1N1CCCC1c1ccncc1. The van der Waals surface area contributed by atoms with Crippen molar-refractivity contribution in [3.05, 3.63) is 51.6 Å². The number of benzene rings is 1. The minimum absolute atomic E-state index is 0.213. The zero-order valence-corrected chi connectivity index (χ0v) is 13.0. The van der Waals surface area contributed by atoms with E-state index in [2.05, 4.69) is 9.88 Å². The molecule has 1 fully saturated rings. The number of anilines is 2. The van der Waals surface area contributed by atoms with Crippen molar-refractivity contribution in [1.29, 1.82) is 0 Å². The van der Waals surface area contributed by atoms with Gasteiger partial charge in [0.05, 0.1) is 21.0 Å². The van der Waals surface area contributed by atoms with E-state index in [0.29, 0.717) is 9.26 Å². The normalized spacial score (nSPS) is 18.5. The Balaban J connectivity index is 1.99. The Labute approximate surface area is 131 Å². The minimum atomic E-state index is -0.213. The van der Waals surface area contributed by atoms with Crippen LogP contribution in [0.4, 0.5) is 15.8 Å². The largest absolute Gasteiger partial charge is 0.397 e. The van der Waals surface area contributed by atoms with Crippen LogP contribution in [0.15, 0.2) is 36.7 Å². The summed E-state index contributed by atoms with van der Waals surface area (Å²) in [5.74, 6) is -0.213. The summed E-state index contributed by atoms with van der Waals surface area (Å²) in [6.07, 6.45) is 5.73. The Bertz CT molecular complexity index is 618. The van der Waals surface area contributed by atoms with Crippen LogP contribution in [0.2, 0.25) is 0 Å². The van der Waals surface area contributed by atoms with E-state index in [0.717, 1.165) is 25.1 Å². The van der Waals surface area contributed by atoms with Crippen molar-refractivity contribution in [2.24, 2.45) is 0 Å². The highest BCUT2D eigenvalue weighted by atomic mass is 127. The van der Waals surface area contributed by atoms with Gasteiger partial charge in [-0.25, -0.2) is 4.39 Å². The van der Waals surface area contributed by atoms with Crippen molar-refractivity contribution >= 4 is 34.0 Å². The van der Waals surface area contributed by atoms with E-state index in [-0.39, 0.29) is 11.9 Å². The molecule has 1 unspecified atom stereocenters. The molecule has 2 N–H and O–H groups in total. The molecule has 2 aromatic rings. The number of nitrogens with two attached hydrogens (primary N) is 1. The smallest absolute Gasteiger partial charge is 0.138 e. The standard InChI is InChI=1S/C15H15FIN3/c16-11-8-15(13(18)9-12(11)17)20-7-1-2-14(20)10-3-5-19-6-4-10/h3-6,8-9,14H,1-2,7,18H2. The second-order valence-electron chi connectivity index (χ2n) is 4.96. The summed E-state index contributed by atoms with van der Waals surface area (Å²) in [6, 6.07) is 7.54. The van der Waals surface area contributed by atoms with Gasteiger partial charge in [0, 0.05) is 25.0 Å². The molecule has 1 saturated heterocycles. The number of nitrogen functional groups attached to an aromatic ring is 1. The zero-order chi connectivity index (χ0) is 14.1. The lowest BCUT2D eigenvalue weighted by Crippen LogP contribution is -2.23. The third kappa shape index (κ3) is 2.46. The first-order valence-electron chi connectivity index (χ1n) is 6.58. The molecule has 1 aromatic heterocycles. The van der Waals surface area contributed by atoms with Gasteiger partial charge in [-0.2, -0.15) is 0 Å². The zero-order valence-electron chi connectivity index (χ0n) is 10.9. The maximum absolute atomic E-state index is 13.8. The van der Waals surface area contributed by atoms with Crippen molar-refractivity contribution in [2.45, 2.75) is 18.9 Å². The second kappa shape index (κ2) is 5.55. The number of hydrogen-bond acceptors (Lipinski definition) is 3. The first-order valence-corrected chi connectivity index (χ1v) is 7.66. The van der Waals surface area contributed by atoms with E-state index in [4.69, 9.17) is 5.73 Å². The third-order valence-electron chi connectivity index (χ3n) is 3.72. The fourth-order valence-electron chi connectivity index (χ4n) is 2.79. The number of halogens is 2. The molecule has 0 radical (unpaired) electrons. The molecule has 0 saturated carbocycles. The van der Waals surface area contributed by atoms with Crippen LogP contribution in [-0.4, -0.2) is 11.5 Å². The number of rotatable bonds is 2. The lowest BCUT2D eigenvalue weighted by atomic mass is 10.1. The van der Waals surface area contributed by atoms with E-state index in [1.54, 1.807) is 24.5 Å². The Morgan fingerprint density at radius 1 is 1.30 bits per heavy atom. The molecule has 0 amide bonds. The summed E-state index contributed by atoms with van der Waals surface area (Å²) in [7, 11) is 0. The van der Waals surface area contributed by atoms with E-state index < -0.39 is 0 Å². The monoisotopic (exact) mass is 383 g/mol. The lowest BCUT2D eigenvalue weighted by molar-refractivity contribution is 0.618. The van der Waals surface area contributed by atoms with E-state index in [1.807, 2.05) is 34.7 Å². The Morgan fingerprint density at radius 2 is 2.05 bits per heavy atom. The van der Waals surface area contributed by atoms with Crippen molar-refractivity contribution in [3.63, 3.8) is 0 Å².